The highest BCUT2D eigenvalue weighted by Crippen LogP contribution is 2.53. The number of allylic oxidation sites excluding steroid dienone is 2. The van der Waals surface area contributed by atoms with Crippen LogP contribution in [0.5, 0.6) is 0 Å². The number of hydrogen-bond donors (Lipinski definition) is 0. The Bertz CT molecular complexity index is 778. The number of rotatable bonds is 1. The predicted molar refractivity (Wildman–Crippen MR) is 76.5 cm³/mol. The standard InChI is InChI=1S/C17H12N2O4/c20-14-10-3-1-2-4-11(10)15(21)18(14)19-16(22)12-8-5-6-9(7-8)13(12)17(19)23/h1-6,8-9,12-13H,7H2/t8-,9-,12-,13-/m0/s1. The van der Waals surface area contributed by atoms with E-state index in [1.54, 1.807) is 12.1 Å². The first-order valence-electron chi connectivity index (χ1n) is 7.63. The van der Waals surface area contributed by atoms with Crippen LogP contribution < -0.4 is 0 Å². The second-order valence-corrected chi connectivity index (χ2v) is 6.46. The first-order chi connectivity index (χ1) is 11.1. The molecule has 23 heavy (non-hydrogen) atoms. The van der Waals surface area contributed by atoms with Crippen LogP contribution in [0, 0.1) is 23.7 Å². The Balaban J connectivity index is 1.57. The van der Waals surface area contributed by atoms with Crippen LogP contribution in [0.15, 0.2) is 36.4 Å². The Labute approximate surface area is 131 Å². The second kappa shape index (κ2) is 3.95. The van der Waals surface area contributed by atoms with E-state index in [1.807, 2.05) is 12.2 Å². The molecule has 0 spiro atoms. The third kappa shape index (κ3) is 1.34. The summed E-state index contributed by atoms with van der Waals surface area (Å²) in [5.41, 5.74) is 0.465. The van der Waals surface area contributed by atoms with Crippen LogP contribution in [0.4, 0.5) is 0 Å². The summed E-state index contributed by atoms with van der Waals surface area (Å²) in [6.45, 7) is 0. The summed E-state index contributed by atoms with van der Waals surface area (Å²) in [6.07, 6.45) is 4.76. The summed E-state index contributed by atoms with van der Waals surface area (Å²) in [5, 5.41) is 1.53. The van der Waals surface area contributed by atoms with Crippen molar-refractivity contribution in [2.75, 3.05) is 0 Å². The van der Waals surface area contributed by atoms with Gasteiger partial charge in [0.2, 0.25) is 0 Å². The molecule has 0 radical (unpaired) electrons. The first kappa shape index (κ1) is 12.8. The topological polar surface area (TPSA) is 74.8 Å². The van der Waals surface area contributed by atoms with E-state index in [-0.39, 0.29) is 23.0 Å². The van der Waals surface area contributed by atoms with E-state index in [0.717, 1.165) is 16.4 Å². The maximum absolute atomic E-state index is 12.7. The minimum Gasteiger partial charge on any atom is -0.272 e. The Morgan fingerprint density at radius 1 is 0.739 bits per heavy atom. The largest absolute Gasteiger partial charge is 0.281 e. The van der Waals surface area contributed by atoms with Gasteiger partial charge in [-0.2, -0.15) is 10.0 Å². The third-order valence-electron chi connectivity index (χ3n) is 5.42. The maximum Gasteiger partial charge on any atom is 0.281 e. The van der Waals surface area contributed by atoms with E-state index in [4.69, 9.17) is 0 Å². The van der Waals surface area contributed by atoms with Gasteiger partial charge in [-0.25, -0.2) is 0 Å². The van der Waals surface area contributed by atoms with Gasteiger partial charge in [-0.05, 0) is 30.4 Å². The first-order valence-corrected chi connectivity index (χ1v) is 7.63. The van der Waals surface area contributed by atoms with Crippen molar-refractivity contribution in [1.29, 1.82) is 0 Å². The highest BCUT2D eigenvalue weighted by atomic mass is 16.2. The molecule has 2 bridgehead atoms. The van der Waals surface area contributed by atoms with Gasteiger partial charge in [0, 0.05) is 0 Å². The van der Waals surface area contributed by atoms with E-state index in [0.29, 0.717) is 0 Å². The fourth-order valence-corrected chi connectivity index (χ4v) is 4.44. The normalized spacial score (nSPS) is 33.9. The Morgan fingerprint density at radius 3 is 1.70 bits per heavy atom. The zero-order chi connectivity index (χ0) is 15.9. The Hall–Kier alpha value is -2.76. The number of amides is 4. The molecule has 1 aromatic rings. The van der Waals surface area contributed by atoms with Crippen LogP contribution >= 0.6 is 0 Å². The van der Waals surface area contributed by atoms with Crippen LogP contribution in [-0.2, 0) is 9.59 Å². The molecule has 2 heterocycles. The molecular formula is C17H12N2O4. The quantitative estimate of drug-likeness (QED) is 0.573. The summed E-state index contributed by atoms with van der Waals surface area (Å²) in [5.74, 6) is -2.83. The molecule has 2 fully saturated rings. The fourth-order valence-electron chi connectivity index (χ4n) is 4.44. The molecular weight excluding hydrogens is 296 g/mol. The predicted octanol–water partition coefficient (Wildman–Crippen LogP) is 1.00. The average Bonchev–Trinajstić information content (AvgIpc) is 3.28. The minimum absolute atomic E-state index is 0.0432. The van der Waals surface area contributed by atoms with Crippen LogP contribution in [0.1, 0.15) is 27.1 Å². The molecule has 114 valence electrons. The number of benzene rings is 1. The van der Waals surface area contributed by atoms with E-state index < -0.39 is 35.5 Å². The van der Waals surface area contributed by atoms with Gasteiger partial charge >= 0.3 is 0 Å². The molecule has 6 heteroatoms. The molecule has 2 aliphatic carbocycles. The molecule has 0 aromatic heterocycles. The summed E-state index contributed by atoms with van der Waals surface area (Å²) in [4.78, 5) is 50.5. The molecule has 4 atom stereocenters. The second-order valence-electron chi connectivity index (χ2n) is 6.46. The number of hydrazine groups is 1. The van der Waals surface area contributed by atoms with Gasteiger partial charge in [0.15, 0.2) is 0 Å². The number of hydrogen-bond acceptors (Lipinski definition) is 4. The lowest BCUT2D eigenvalue weighted by Crippen LogP contribution is -2.50. The number of imide groups is 2. The summed E-state index contributed by atoms with van der Waals surface area (Å²) >= 11 is 0. The molecule has 6 nitrogen and oxygen atoms in total. The molecule has 0 N–H and O–H groups in total. The van der Waals surface area contributed by atoms with Crippen molar-refractivity contribution in [3.05, 3.63) is 47.5 Å². The van der Waals surface area contributed by atoms with Crippen molar-refractivity contribution in [3.8, 4) is 0 Å². The number of fused-ring (bicyclic) bond motifs is 6. The molecule has 2 aliphatic heterocycles. The van der Waals surface area contributed by atoms with E-state index >= 15 is 0 Å². The minimum atomic E-state index is -0.604. The monoisotopic (exact) mass is 308 g/mol. The van der Waals surface area contributed by atoms with Crippen molar-refractivity contribution >= 4 is 23.6 Å². The van der Waals surface area contributed by atoms with Gasteiger partial charge in [-0.3, -0.25) is 19.2 Å². The molecule has 0 unspecified atom stereocenters. The lowest BCUT2D eigenvalue weighted by atomic mass is 9.85. The number of nitrogens with zero attached hydrogens (tertiary/aromatic N) is 2. The Morgan fingerprint density at radius 2 is 1.22 bits per heavy atom. The van der Waals surface area contributed by atoms with Crippen LogP contribution in [0.3, 0.4) is 0 Å². The molecule has 1 aromatic carbocycles. The molecule has 1 saturated carbocycles. The summed E-state index contributed by atoms with van der Waals surface area (Å²) in [6, 6.07) is 6.37. The highest BCUT2D eigenvalue weighted by molar-refractivity contribution is 6.24. The zero-order valence-electron chi connectivity index (χ0n) is 12.0. The van der Waals surface area contributed by atoms with Crippen molar-refractivity contribution in [3.63, 3.8) is 0 Å². The van der Waals surface area contributed by atoms with Crippen LogP contribution in [0.25, 0.3) is 0 Å². The summed E-state index contributed by atoms with van der Waals surface area (Å²) in [7, 11) is 0. The third-order valence-corrected chi connectivity index (χ3v) is 5.42. The number of carbonyl (C=O) groups excluding carboxylic acids is 4. The van der Waals surface area contributed by atoms with E-state index in [2.05, 4.69) is 0 Å². The average molecular weight is 308 g/mol. The van der Waals surface area contributed by atoms with Gasteiger partial charge in [0.25, 0.3) is 23.6 Å². The zero-order valence-corrected chi connectivity index (χ0v) is 12.0. The van der Waals surface area contributed by atoms with Crippen molar-refractivity contribution < 1.29 is 19.2 Å². The molecule has 1 saturated heterocycles. The fraction of sp³-hybridized carbons (Fsp3) is 0.294. The van der Waals surface area contributed by atoms with Gasteiger partial charge < -0.3 is 0 Å². The van der Waals surface area contributed by atoms with Crippen molar-refractivity contribution in [2.24, 2.45) is 23.7 Å². The van der Waals surface area contributed by atoms with Gasteiger partial charge in [0.1, 0.15) is 0 Å². The lowest BCUT2D eigenvalue weighted by Gasteiger charge is -2.25. The van der Waals surface area contributed by atoms with Crippen molar-refractivity contribution in [2.45, 2.75) is 6.42 Å². The SMILES string of the molecule is O=C1c2ccccc2C(=O)N1N1C(=O)[C@@H]2[C@@H](C1=O)[C@H]1C=C[C@H]2C1. The van der Waals surface area contributed by atoms with E-state index in [1.165, 1.54) is 12.1 Å². The molecule has 4 amide bonds. The van der Waals surface area contributed by atoms with E-state index in [9.17, 15) is 19.2 Å². The van der Waals surface area contributed by atoms with Gasteiger partial charge in [0.05, 0.1) is 23.0 Å². The highest BCUT2D eigenvalue weighted by Gasteiger charge is 2.62. The lowest BCUT2D eigenvalue weighted by molar-refractivity contribution is -0.152. The molecule has 5 rings (SSSR count). The van der Waals surface area contributed by atoms with Crippen LogP contribution in [-0.4, -0.2) is 33.6 Å². The molecule has 4 aliphatic rings. The van der Waals surface area contributed by atoms with Gasteiger partial charge in [-0.15, -0.1) is 0 Å². The summed E-state index contributed by atoms with van der Waals surface area (Å²) < 4.78 is 0. The van der Waals surface area contributed by atoms with Crippen LogP contribution in [0.2, 0.25) is 0 Å². The van der Waals surface area contributed by atoms with Crippen molar-refractivity contribution in [1.82, 2.24) is 10.0 Å². The Kier molecular flexibility index (Phi) is 2.19. The smallest absolute Gasteiger partial charge is 0.272 e. The van der Waals surface area contributed by atoms with Gasteiger partial charge in [-0.1, -0.05) is 24.3 Å². The maximum atomic E-state index is 12.7. The number of carbonyl (C=O) groups is 4.